The molecule has 1 aromatic carbocycles. The quantitative estimate of drug-likeness (QED) is 0.915. The molecule has 0 aliphatic carbocycles. The maximum Gasteiger partial charge on any atom is 0.228 e. The van der Waals surface area contributed by atoms with Crippen molar-refractivity contribution in [3.8, 4) is 0 Å². The van der Waals surface area contributed by atoms with Crippen molar-refractivity contribution >= 4 is 11.6 Å². The Morgan fingerprint density at radius 3 is 2.60 bits per heavy atom. The Hall–Kier alpha value is -1.39. The van der Waals surface area contributed by atoms with Crippen LogP contribution in [0.1, 0.15) is 24.5 Å². The minimum absolute atomic E-state index is 0.135. The van der Waals surface area contributed by atoms with Crippen LogP contribution in [0.25, 0.3) is 0 Å². The molecule has 2 rings (SSSR count). The largest absolute Gasteiger partial charge is 0.378 e. The van der Waals surface area contributed by atoms with Crippen LogP contribution in [-0.2, 0) is 9.53 Å². The van der Waals surface area contributed by atoms with Crippen molar-refractivity contribution in [2.45, 2.75) is 33.2 Å². The third kappa shape index (κ3) is 3.81. The summed E-state index contributed by atoms with van der Waals surface area (Å²) in [7, 11) is 0. The van der Waals surface area contributed by atoms with Gasteiger partial charge in [0, 0.05) is 31.2 Å². The molecule has 1 fully saturated rings. The Morgan fingerprint density at radius 2 is 2.05 bits per heavy atom. The first kappa shape index (κ1) is 15.0. The summed E-state index contributed by atoms with van der Waals surface area (Å²) in [4.78, 5) is 14.4. The van der Waals surface area contributed by atoms with Crippen LogP contribution < -0.4 is 10.2 Å². The minimum Gasteiger partial charge on any atom is -0.378 e. The first-order chi connectivity index (χ1) is 9.60. The van der Waals surface area contributed by atoms with E-state index >= 15 is 0 Å². The molecule has 0 saturated carbocycles. The number of rotatable bonds is 4. The van der Waals surface area contributed by atoms with E-state index in [1.54, 1.807) is 0 Å². The highest BCUT2D eigenvalue weighted by Crippen LogP contribution is 2.20. The van der Waals surface area contributed by atoms with Crippen molar-refractivity contribution in [1.82, 2.24) is 5.32 Å². The minimum atomic E-state index is 0.135. The SMILES string of the molecule is CCN(C(=O)CC1COCCN1)c1cc(C)cc(C)c1. The molecular weight excluding hydrogens is 252 g/mol. The number of hydrogen-bond acceptors (Lipinski definition) is 3. The van der Waals surface area contributed by atoms with Gasteiger partial charge in [0.15, 0.2) is 0 Å². The number of nitrogens with one attached hydrogen (secondary N) is 1. The van der Waals surface area contributed by atoms with E-state index in [1.165, 1.54) is 11.1 Å². The van der Waals surface area contributed by atoms with Crippen LogP contribution in [0.5, 0.6) is 0 Å². The lowest BCUT2D eigenvalue weighted by molar-refractivity contribution is -0.119. The van der Waals surface area contributed by atoms with Crippen LogP contribution in [0.2, 0.25) is 0 Å². The van der Waals surface area contributed by atoms with E-state index in [-0.39, 0.29) is 11.9 Å². The number of carbonyl (C=O) groups excluding carboxylic acids is 1. The molecule has 1 aromatic rings. The van der Waals surface area contributed by atoms with Gasteiger partial charge in [0.2, 0.25) is 5.91 Å². The molecule has 0 bridgehead atoms. The number of ether oxygens (including phenoxy) is 1. The molecule has 1 atom stereocenters. The zero-order chi connectivity index (χ0) is 14.5. The summed E-state index contributed by atoms with van der Waals surface area (Å²) in [6, 6.07) is 6.40. The summed E-state index contributed by atoms with van der Waals surface area (Å²) in [6.07, 6.45) is 0.487. The van der Waals surface area contributed by atoms with Crippen molar-refractivity contribution in [2.75, 3.05) is 31.2 Å². The van der Waals surface area contributed by atoms with E-state index in [2.05, 4.69) is 37.4 Å². The van der Waals surface area contributed by atoms with Crippen LogP contribution in [0.4, 0.5) is 5.69 Å². The average Bonchev–Trinajstić information content (AvgIpc) is 2.39. The maximum absolute atomic E-state index is 12.5. The molecule has 4 nitrogen and oxygen atoms in total. The standard InChI is InChI=1S/C16H24N2O2/c1-4-18(15-8-12(2)7-13(3)9-15)16(19)10-14-11-20-6-5-17-14/h7-9,14,17H,4-6,10-11H2,1-3H3. The Bertz CT molecular complexity index is 447. The van der Waals surface area contributed by atoms with Crippen LogP contribution in [-0.4, -0.2) is 38.3 Å². The third-order valence-corrected chi connectivity index (χ3v) is 3.55. The number of anilines is 1. The number of nitrogens with zero attached hydrogens (tertiary/aromatic N) is 1. The van der Waals surface area contributed by atoms with Crippen molar-refractivity contribution in [2.24, 2.45) is 0 Å². The van der Waals surface area contributed by atoms with Crippen LogP contribution in [0.15, 0.2) is 18.2 Å². The van der Waals surface area contributed by atoms with E-state index in [1.807, 2.05) is 11.8 Å². The molecule has 1 heterocycles. The molecule has 1 N–H and O–H groups in total. The molecule has 0 spiro atoms. The number of hydrogen-bond donors (Lipinski definition) is 1. The molecule has 1 saturated heterocycles. The summed E-state index contributed by atoms with van der Waals surface area (Å²) >= 11 is 0. The van der Waals surface area contributed by atoms with Gasteiger partial charge in [0.1, 0.15) is 0 Å². The molecule has 0 radical (unpaired) electrons. The van der Waals surface area contributed by atoms with Gasteiger partial charge >= 0.3 is 0 Å². The number of amides is 1. The topological polar surface area (TPSA) is 41.6 Å². The van der Waals surface area contributed by atoms with E-state index in [4.69, 9.17) is 4.74 Å². The zero-order valence-electron chi connectivity index (χ0n) is 12.6. The lowest BCUT2D eigenvalue weighted by Gasteiger charge is -2.27. The van der Waals surface area contributed by atoms with Gasteiger partial charge in [0.25, 0.3) is 0 Å². The maximum atomic E-state index is 12.5. The Balaban J connectivity index is 2.08. The predicted molar refractivity (Wildman–Crippen MR) is 81.2 cm³/mol. The second kappa shape index (κ2) is 6.86. The second-order valence-corrected chi connectivity index (χ2v) is 5.41. The van der Waals surface area contributed by atoms with Crippen LogP contribution in [0.3, 0.4) is 0 Å². The normalized spacial score (nSPS) is 18.9. The second-order valence-electron chi connectivity index (χ2n) is 5.41. The molecule has 110 valence electrons. The smallest absolute Gasteiger partial charge is 0.228 e. The summed E-state index contributed by atoms with van der Waals surface area (Å²) in [5.74, 6) is 0.153. The van der Waals surface area contributed by atoms with E-state index < -0.39 is 0 Å². The highest BCUT2D eigenvalue weighted by Gasteiger charge is 2.21. The third-order valence-electron chi connectivity index (χ3n) is 3.55. The fourth-order valence-electron chi connectivity index (χ4n) is 2.68. The summed E-state index contributed by atoms with van der Waals surface area (Å²) in [6.45, 7) is 9.01. The molecule has 1 amide bonds. The van der Waals surface area contributed by atoms with Crippen molar-refractivity contribution in [3.63, 3.8) is 0 Å². The van der Waals surface area contributed by atoms with Gasteiger partial charge < -0.3 is 15.0 Å². The van der Waals surface area contributed by atoms with Gasteiger partial charge in [-0.15, -0.1) is 0 Å². The summed E-state index contributed by atoms with van der Waals surface area (Å²) in [5, 5.41) is 3.33. The Kier molecular flexibility index (Phi) is 5.15. The predicted octanol–water partition coefficient (Wildman–Crippen LogP) is 2.03. The fraction of sp³-hybridized carbons (Fsp3) is 0.562. The van der Waals surface area contributed by atoms with Crippen LogP contribution >= 0.6 is 0 Å². The van der Waals surface area contributed by atoms with Crippen LogP contribution in [0, 0.1) is 13.8 Å². The highest BCUT2D eigenvalue weighted by atomic mass is 16.5. The highest BCUT2D eigenvalue weighted by molar-refractivity contribution is 5.93. The van der Waals surface area contributed by atoms with Crippen molar-refractivity contribution in [3.05, 3.63) is 29.3 Å². The number of carbonyl (C=O) groups is 1. The molecular formula is C16H24N2O2. The number of aryl methyl sites for hydroxylation is 2. The van der Waals surface area contributed by atoms with Gasteiger partial charge in [-0.2, -0.15) is 0 Å². The molecule has 0 aromatic heterocycles. The van der Waals surface area contributed by atoms with Gasteiger partial charge in [-0.3, -0.25) is 4.79 Å². The average molecular weight is 276 g/mol. The molecule has 1 unspecified atom stereocenters. The first-order valence-corrected chi connectivity index (χ1v) is 7.30. The lowest BCUT2D eigenvalue weighted by atomic mass is 10.1. The van der Waals surface area contributed by atoms with Gasteiger partial charge in [-0.05, 0) is 44.0 Å². The Labute approximate surface area is 121 Å². The molecule has 1 aliphatic rings. The van der Waals surface area contributed by atoms with Crippen molar-refractivity contribution < 1.29 is 9.53 Å². The molecule has 4 heteroatoms. The number of benzene rings is 1. The Morgan fingerprint density at radius 1 is 1.35 bits per heavy atom. The van der Waals surface area contributed by atoms with E-state index in [0.29, 0.717) is 19.6 Å². The zero-order valence-corrected chi connectivity index (χ0v) is 12.6. The van der Waals surface area contributed by atoms with Gasteiger partial charge in [-0.25, -0.2) is 0 Å². The van der Waals surface area contributed by atoms with Gasteiger partial charge in [0.05, 0.1) is 13.2 Å². The monoisotopic (exact) mass is 276 g/mol. The fourth-order valence-corrected chi connectivity index (χ4v) is 2.68. The van der Waals surface area contributed by atoms with Gasteiger partial charge in [-0.1, -0.05) is 6.07 Å². The first-order valence-electron chi connectivity index (χ1n) is 7.30. The number of morpholine rings is 1. The molecule has 20 heavy (non-hydrogen) atoms. The van der Waals surface area contributed by atoms with Crippen molar-refractivity contribution in [1.29, 1.82) is 0 Å². The lowest BCUT2D eigenvalue weighted by Crippen LogP contribution is -2.45. The van der Waals surface area contributed by atoms with E-state index in [9.17, 15) is 4.79 Å². The van der Waals surface area contributed by atoms with E-state index in [0.717, 1.165) is 18.8 Å². The summed E-state index contributed by atoms with van der Waals surface area (Å²) in [5.41, 5.74) is 3.36. The molecule has 1 aliphatic heterocycles. The summed E-state index contributed by atoms with van der Waals surface area (Å²) < 4.78 is 5.41.